The van der Waals surface area contributed by atoms with E-state index in [0.29, 0.717) is 33.0 Å². The van der Waals surface area contributed by atoms with E-state index in [1.807, 2.05) is 24.3 Å². The Kier molecular flexibility index (Phi) is 43.1. The fourth-order valence-electron chi connectivity index (χ4n) is 14.0. The second-order valence-corrected chi connectivity index (χ2v) is 29.7. The van der Waals surface area contributed by atoms with Crippen LogP contribution in [0.2, 0.25) is 0 Å². The molecule has 5 saturated heterocycles. The van der Waals surface area contributed by atoms with Crippen molar-refractivity contribution in [3.05, 3.63) is 35.4 Å². The molecular formula is C77H138O24. The van der Waals surface area contributed by atoms with Crippen LogP contribution in [0.1, 0.15) is 265 Å². The standard InChI is InChI=1S/C77H138O24/c1-8-10-12-14-16-18-20-22-24-26-28-30-32-34-36-38-44-89-48-57(49-90-45-39-37-35-33-31-29-27-25-23-21-19-17-15-13-11-9-2)91-46-55-40-42-56(43-41-55)47-92-74-69(64(84)59(79)51(4)94-74)99-76-71(66(86)61(81)53(6)96-76)101-77-72(67(87)62(82)54(7)97-77)100-75-70(65(85)60(80)52(5)95-75)98-73-68(88)63(83)58(78)50(3)93-73/h40-43,50-54,57-88H,8-39,44-49H2,1-7H3/t50-,51-,52-,53-,54-,58-,59-,60-,61-,62-,63+,64+,65+,66+,67+,68+,69+,70+,71+,72+,73-,74+,75-,76-,77-/m0/s1. The molecule has 0 unspecified atom stereocenters. The van der Waals surface area contributed by atoms with E-state index in [2.05, 4.69) is 13.8 Å². The fourth-order valence-corrected chi connectivity index (χ4v) is 14.0. The molecule has 1 aromatic rings. The van der Waals surface area contributed by atoms with Crippen molar-refractivity contribution in [3.8, 4) is 0 Å². The summed E-state index contributed by atoms with van der Waals surface area (Å²) in [7, 11) is 0. The Bertz CT molecular complexity index is 2190. The number of hydrogen-bond acceptors (Lipinski definition) is 24. The number of unbranched alkanes of at least 4 members (excludes halogenated alkanes) is 30. The molecule has 6 rings (SSSR count). The lowest BCUT2D eigenvalue weighted by Crippen LogP contribution is -2.67. The van der Waals surface area contributed by atoms with Gasteiger partial charge in [0.05, 0.1) is 56.9 Å². The van der Waals surface area contributed by atoms with Crippen LogP contribution in [0.25, 0.3) is 0 Å². The molecule has 25 atom stereocenters. The van der Waals surface area contributed by atoms with E-state index < -0.39 is 154 Å². The monoisotopic (exact) mass is 1450 g/mol. The van der Waals surface area contributed by atoms with Gasteiger partial charge in [0.15, 0.2) is 31.5 Å². The van der Waals surface area contributed by atoms with Crippen LogP contribution < -0.4 is 0 Å². The lowest BCUT2D eigenvalue weighted by molar-refractivity contribution is -0.409. The van der Waals surface area contributed by atoms with Crippen LogP contribution in [0.3, 0.4) is 0 Å². The summed E-state index contributed by atoms with van der Waals surface area (Å²) >= 11 is 0. The molecule has 5 aliphatic heterocycles. The summed E-state index contributed by atoms with van der Waals surface area (Å²) in [5, 5.41) is 123. The van der Waals surface area contributed by atoms with Gasteiger partial charge in [0.1, 0.15) is 97.7 Å². The number of ether oxygens (including phenoxy) is 13. The van der Waals surface area contributed by atoms with Crippen molar-refractivity contribution in [1.29, 1.82) is 0 Å². The normalized spacial score (nSPS) is 34.9. The highest BCUT2D eigenvalue weighted by Crippen LogP contribution is 2.37. The Balaban J connectivity index is 1.01. The molecule has 0 aromatic heterocycles. The topological polar surface area (TPSA) is 343 Å². The third-order valence-corrected chi connectivity index (χ3v) is 20.9. The molecule has 0 spiro atoms. The second kappa shape index (κ2) is 49.3. The van der Waals surface area contributed by atoms with Crippen molar-refractivity contribution >= 4 is 0 Å². The summed E-state index contributed by atoms with van der Waals surface area (Å²) < 4.78 is 79.9. The van der Waals surface area contributed by atoms with E-state index in [-0.39, 0.29) is 12.7 Å². The highest BCUT2D eigenvalue weighted by atomic mass is 16.8. The van der Waals surface area contributed by atoms with Gasteiger partial charge in [-0.2, -0.15) is 0 Å². The maximum Gasteiger partial charge on any atom is 0.187 e. The first kappa shape index (κ1) is 88.2. The zero-order valence-corrected chi connectivity index (χ0v) is 62.4. The number of aliphatic hydroxyl groups excluding tert-OH is 11. The van der Waals surface area contributed by atoms with Gasteiger partial charge in [-0.15, -0.1) is 0 Å². The molecule has 101 heavy (non-hydrogen) atoms. The van der Waals surface area contributed by atoms with Crippen LogP contribution in [0.5, 0.6) is 0 Å². The van der Waals surface area contributed by atoms with Crippen LogP contribution in [0, 0.1) is 0 Å². The molecule has 0 bridgehead atoms. The van der Waals surface area contributed by atoms with Crippen LogP contribution >= 0.6 is 0 Å². The largest absolute Gasteiger partial charge is 0.388 e. The molecule has 0 radical (unpaired) electrons. The average Bonchev–Trinajstić information content (AvgIpc) is 0.776. The van der Waals surface area contributed by atoms with Crippen molar-refractivity contribution in [1.82, 2.24) is 0 Å². The van der Waals surface area contributed by atoms with Gasteiger partial charge >= 0.3 is 0 Å². The summed E-state index contributed by atoms with van der Waals surface area (Å²) in [6.07, 6.45) is 2.51. The molecule has 0 aliphatic carbocycles. The number of hydrogen-bond donors (Lipinski definition) is 11. The van der Waals surface area contributed by atoms with E-state index in [4.69, 9.17) is 61.6 Å². The van der Waals surface area contributed by atoms with E-state index in [0.717, 1.165) is 36.8 Å². The van der Waals surface area contributed by atoms with Crippen molar-refractivity contribution in [2.75, 3.05) is 26.4 Å². The highest BCUT2D eigenvalue weighted by Gasteiger charge is 2.56. The molecular weight excluding hydrogens is 1310 g/mol. The summed E-state index contributed by atoms with van der Waals surface area (Å²) in [6, 6.07) is 7.62. The van der Waals surface area contributed by atoms with E-state index >= 15 is 0 Å². The SMILES string of the molecule is CCCCCCCCCCCCCCCCCCOCC(COCCCCCCCCCCCCCCCCCC)OCc1ccc(CO[C@@H]2O[C@@H](C)[C@H](O)[C@@H](O)[C@H]2O[C@@H]2O[C@@H](C)[C@H](O)[C@@H](O)[C@H]2O[C@@H]2O[C@@H](C)[C@H](O)[C@@H](O)[C@H]2O[C@@H]2O[C@@H](C)[C@H](O)[C@@H](O)[C@H]2O[C@@H]2O[C@@H](C)[C@H](O)[C@@H](O)[C@H]2O)cc1. The molecule has 0 amide bonds. The molecule has 24 heteroatoms. The quantitative estimate of drug-likeness (QED) is 0.0271. The summed E-state index contributed by atoms with van der Waals surface area (Å²) in [4.78, 5) is 0. The van der Waals surface area contributed by atoms with Gasteiger partial charge in [-0.1, -0.05) is 231 Å². The minimum Gasteiger partial charge on any atom is -0.388 e. The summed E-state index contributed by atoms with van der Waals surface area (Å²) in [5.74, 6) is 0. The minimum absolute atomic E-state index is 0.0495. The van der Waals surface area contributed by atoms with Gasteiger partial charge < -0.3 is 118 Å². The summed E-state index contributed by atoms with van der Waals surface area (Å²) in [5.41, 5.74) is 1.64. The van der Waals surface area contributed by atoms with Crippen molar-refractivity contribution in [2.45, 2.75) is 427 Å². The predicted octanol–water partition coefficient (Wildman–Crippen LogP) is 8.88. The van der Waals surface area contributed by atoms with Gasteiger partial charge in [0.2, 0.25) is 0 Å². The van der Waals surface area contributed by atoms with Gasteiger partial charge in [-0.3, -0.25) is 0 Å². The van der Waals surface area contributed by atoms with Crippen molar-refractivity contribution in [3.63, 3.8) is 0 Å². The number of rotatable bonds is 52. The van der Waals surface area contributed by atoms with E-state index in [1.165, 1.54) is 207 Å². The summed E-state index contributed by atoms with van der Waals surface area (Å²) in [6.45, 7) is 14.3. The first-order valence-electron chi connectivity index (χ1n) is 39.6. The van der Waals surface area contributed by atoms with Gasteiger partial charge in [-0.05, 0) is 58.6 Å². The maximum atomic E-state index is 11.8. The molecule has 0 saturated carbocycles. The lowest BCUT2D eigenvalue weighted by Gasteiger charge is -2.50. The third-order valence-electron chi connectivity index (χ3n) is 20.9. The zero-order chi connectivity index (χ0) is 73.1. The Hall–Kier alpha value is -1.74. The average molecular weight is 1450 g/mol. The van der Waals surface area contributed by atoms with Crippen molar-refractivity contribution < 1.29 is 118 Å². The number of benzene rings is 1. The van der Waals surface area contributed by atoms with Crippen molar-refractivity contribution in [2.24, 2.45) is 0 Å². The molecule has 11 N–H and O–H groups in total. The second-order valence-electron chi connectivity index (χ2n) is 29.7. The van der Waals surface area contributed by atoms with Crippen LogP contribution in [-0.4, -0.2) is 242 Å². The third kappa shape index (κ3) is 30.0. The minimum atomic E-state index is -1.86. The first-order valence-corrected chi connectivity index (χ1v) is 39.6. The highest BCUT2D eigenvalue weighted by molar-refractivity contribution is 5.21. The molecule has 1 aromatic carbocycles. The fraction of sp³-hybridized carbons (Fsp3) is 0.922. The van der Waals surface area contributed by atoms with Crippen LogP contribution in [0.15, 0.2) is 24.3 Å². The zero-order valence-electron chi connectivity index (χ0n) is 62.4. The Morgan fingerprint density at radius 1 is 0.287 bits per heavy atom. The smallest absolute Gasteiger partial charge is 0.187 e. The molecule has 5 fully saturated rings. The Morgan fingerprint density at radius 3 is 0.851 bits per heavy atom. The maximum absolute atomic E-state index is 11.8. The van der Waals surface area contributed by atoms with Gasteiger partial charge in [0, 0.05) is 13.2 Å². The molecule has 24 nitrogen and oxygen atoms in total. The van der Waals surface area contributed by atoms with E-state index in [1.54, 1.807) is 6.92 Å². The Labute approximate surface area is 604 Å². The molecule has 590 valence electrons. The van der Waals surface area contributed by atoms with Gasteiger partial charge in [0.25, 0.3) is 0 Å². The predicted molar refractivity (Wildman–Crippen MR) is 378 cm³/mol. The molecule has 5 heterocycles. The molecule has 5 aliphatic rings. The van der Waals surface area contributed by atoms with Crippen LogP contribution in [0.4, 0.5) is 0 Å². The number of aliphatic hydroxyl groups is 11. The first-order chi connectivity index (χ1) is 48.7. The van der Waals surface area contributed by atoms with Crippen LogP contribution in [-0.2, 0) is 74.8 Å². The Morgan fingerprint density at radius 2 is 0.535 bits per heavy atom. The lowest BCUT2D eigenvalue weighted by atomic mass is 9.96. The van der Waals surface area contributed by atoms with Gasteiger partial charge in [-0.25, -0.2) is 0 Å². The van der Waals surface area contributed by atoms with E-state index in [9.17, 15) is 56.2 Å².